The number of carbonyl (C=O) groups excluding carboxylic acids is 1. The fraction of sp³-hybridized carbons (Fsp3) is 0.667. The lowest BCUT2D eigenvalue weighted by molar-refractivity contribution is -0.120. The fourth-order valence-electron chi connectivity index (χ4n) is 1.63. The third-order valence-corrected chi connectivity index (χ3v) is 2.43. The number of hydrogen-bond acceptors (Lipinski definition) is 5. The molecule has 1 aromatic heterocycles. The minimum Gasteiger partial charge on any atom is -0.316 e. The molecule has 2 heterocycles. The highest BCUT2D eigenvalue weighted by atomic mass is 16.5. The molecule has 2 rings (SSSR count). The molecule has 0 spiro atoms. The molecule has 0 radical (unpaired) electrons. The van der Waals surface area contributed by atoms with E-state index in [-0.39, 0.29) is 17.8 Å². The first-order chi connectivity index (χ1) is 7.25. The first kappa shape index (κ1) is 10.1. The van der Waals surface area contributed by atoms with Gasteiger partial charge in [0.15, 0.2) is 5.82 Å². The number of nitrogens with zero attached hydrogens (tertiary/aromatic N) is 2. The molecule has 1 aliphatic heterocycles. The van der Waals surface area contributed by atoms with E-state index in [1.165, 1.54) is 0 Å². The van der Waals surface area contributed by atoms with Crippen LogP contribution < -0.4 is 10.6 Å². The monoisotopic (exact) mass is 210 g/mol. The molecule has 82 valence electrons. The summed E-state index contributed by atoms with van der Waals surface area (Å²) in [5.41, 5.74) is 0. The van der Waals surface area contributed by atoms with E-state index in [4.69, 9.17) is 4.52 Å². The van der Waals surface area contributed by atoms with Gasteiger partial charge in [0, 0.05) is 6.54 Å². The van der Waals surface area contributed by atoms with Crippen molar-refractivity contribution in [2.45, 2.75) is 19.8 Å². The second kappa shape index (κ2) is 4.39. The SMILES string of the molecule is Cc1noc(NC(=O)C2CCCNC2)n1. The highest BCUT2D eigenvalue weighted by Crippen LogP contribution is 2.12. The van der Waals surface area contributed by atoms with Crippen LogP contribution in [-0.2, 0) is 4.79 Å². The van der Waals surface area contributed by atoms with Gasteiger partial charge in [-0.1, -0.05) is 5.16 Å². The predicted molar refractivity (Wildman–Crippen MR) is 53.3 cm³/mol. The maximum Gasteiger partial charge on any atom is 0.328 e. The molecule has 1 atom stereocenters. The van der Waals surface area contributed by atoms with Crippen LogP contribution in [0.2, 0.25) is 0 Å². The molecule has 6 heteroatoms. The molecule has 1 saturated heterocycles. The van der Waals surface area contributed by atoms with Crippen molar-refractivity contribution in [3.63, 3.8) is 0 Å². The summed E-state index contributed by atoms with van der Waals surface area (Å²) < 4.78 is 4.81. The number of aryl methyl sites for hydroxylation is 1. The van der Waals surface area contributed by atoms with E-state index in [0.717, 1.165) is 25.9 Å². The Morgan fingerprint density at radius 3 is 3.13 bits per heavy atom. The number of carbonyl (C=O) groups is 1. The highest BCUT2D eigenvalue weighted by Gasteiger charge is 2.22. The van der Waals surface area contributed by atoms with Gasteiger partial charge in [-0.3, -0.25) is 10.1 Å². The number of anilines is 1. The van der Waals surface area contributed by atoms with Crippen molar-refractivity contribution in [2.24, 2.45) is 5.92 Å². The van der Waals surface area contributed by atoms with Crippen molar-refractivity contribution in [3.8, 4) is 0 Å². The molecule has 15 heavy (non-hydrogen) atoms. The number of nitrogens with one attached hydrogen (secondary N) is 2. The highest BCUT2D eigenvalue weighted by molar-refractivity contribution is 5.90. The van der Waals surface area contributed by atoms with Gasteiger partial charge >= 0.3 is 6.01 Å². The lowest BCUT2D eigenvalue weighted by Crippen LogP contribution is -2.37. The van der Waals surface area contributed by atoms with Gasteiger partial charge < -0.3 is 9.84 Å². The van der Waals surface area contributed by atoms with Crippen molar-refractivity contribution >= 4 is 11.9 Å². The first-order valence-electron chi connectivity index (χ1n) is 5.07. The summed E-state index contributed by atoms with van der Waals surface area (Å²) in [5, 5.41) is 9.39. The Labute approximate surface area is 87.4 Å². The summed E-state index contributed by atoms with van der Waals surface area (Å²) in [7, 11) is 0. The number of piperidine rings is 1. The molecule has 0 aromatic carbocycles. The summed E-state index contributed by atoms with van der Waals surface area (Å²) in [4.78, 5) is 15.6. The maximum atomic E-state index is 11.7. The van der Waals surface area contributed by atoms with Gasteiger partial charge in [0.25, 0.3) is 0 Å². The minimum atomic E-state index is -0.0501. The molecule has 6 nitrogen and oxygen atoms in total. The molecule has 1 aromatic rings. The van der Waals surface area contributed by atoms with Crippen molar-refractivity contribution < 1.29 is 9.32 Å². The van der Waals surface area contributed by atoms with Crippen LogP contribution in [0.3, 0.4) is 0 Å². The van der Waals surface area contributed by atoms with Crippen LogP contribution in [0.15, 0.2) is 4.52 Å². The molecular weight excluding hydrogens is 196 g/mol. The smallest absolute Gasteiger partial charge is 0.316 e. The fourth-order valence-corrected chi connectivity index (χ4v) is 1.63. The van der Waals surface area contributed by atoms with Crippen molar-refractivity contribution in [3.05, 3.63) is 5.82 Å². The normalized spacial score (nSPS) is 21.3. The zero-order valence-corrected chi connectivity index (χ0v) is 8.62. The van der Waals surface area contributed by atoms with Crippen LogP contribution >= 0.6 is 0 Å². The van der Waals surface area contributed by atoms with Crippen LogP contribution in [0.4, 0.5) is 6.01 Å². The Kier molecular flexibility index (Phi) is 2.96. The average molecular weight is 210 g/mol. The van der Waals surface area contributed by atoms with Gasteiger partial charge in [0.1, 0.15) is 0 Å². The zero-order chi connectivity index (χ0) is 10.7. The topological polar surface area (TPSA) is 80.0 Å². The molecule has 1 unspecified atom stereocenters. The third kappa shape index (κ3) is 2.53. The van der Waals surface area contributed by atoms with Gasteiger partial charge in [-0.15, -0.1) is 0 Å². The van der Waals surface area contributed by atoms with Gasteiger partial charge in [0.2, 0.25) is 5.91 Å². The van der Waals surface area contributed by atoms with Crippen LogP contribution in [0.1, 0.15) is 18.7 Å². The number of hydrogen-bond donors (Lipinski definition) is 2. The summed E-state index contributed by atoms with van der Waals surface area (Å²) in [6.45, 7) is 3.42. The molecular formula is C9H14N4O2. The van der Waals surface area contributed by atoms with E-state index >= 15 is 0 Å². The minimum absolute atomic E-state index is 0.00551. The Morgan fingerprint density at radius 2 is 2.53 bits per heavy atom. The molecule has 1 aliphatic rings. The summed E-state index contributed by atoms with van der Waals surface area (Å²) in [5.74, 6) is 0.476. The molecule has 2 N–H and O–H groups in total. The number of aromatic nitrogens is 2. The molecule has 0 bridgehead atoms. The van der Waals surface area contributed by atoms with Gasteiger partial charge in [0.05, 0.1) is 5.92 Å². The summed E-state index contributed by atoms with van der Waals surface area (Å²) in [6.07, 6.45) is 1.94. The van der Waals surface area contributed by atoms with Gasteiger partial charge in [-0.2, -0.15) is 4.98 Å². The van der Waals surface area contributed by atoms with E-state index in [1.54, 1.807) is 6.92 Å². The van der Waals surface area contributed by atoms with Crippen molar-refractivity contribution in [1.82, 2.24) is 15.5 Å². The Morgan fingerprint density at radius 1 is 1.67 bits per heavy atom. The van der Waals surface area contributed by atoms with Crippen LogP contribution in [0.5, 0.6) is 0 Å². The van der Waals surface area contributed by atoms with E-state index < -0.39 is 0 Å². The standard InChI is InChI=1S/C9H14N4O2/c1-6-11-9(15-13-6)12-8(14)7-3-2-4-10-5-7/h7,10H,2-5H2,1H3,(H,11,12,13,14). The lowest BCUT2D eigenvalue weighted by atomic mass is 9.99. The van der Waals surface area contributed by atoms with Crippen molar-refractivity contribution in [2.75, 3.05) is 18.4 Å². The molecule has 0 aliphatic carbocycles. The quantitative estimate of drug-likeness (QED) is 0.734. The van der Waals surface area contributed by atoms with Crippen molar-refractivity contribution in [1.29, 1.82) is 0 Å². The zero-order valence-electron chi connectivity index (χ0n) is 8.62. The third-order valence-electron chi connectivity index (χ3n) is 2.43. The number of amides is 1. The second-order valence-electron chi connectivity index (χ2n) is 3.68. The predicted octanol–water partition coefficient (Wildman–Crippen LogP) is 0.316. The lowest BCUT2D eigenvalue weighted by Gasteiger charge is -2.20. The summed E-state index contributed by atoms with van der Waals surface area (Å²) >= 11 is 0. The molecule has 0 saturated carbocycles. The number of rotatable bonds is 2. The van der Waals surface area contributed by atoms with E-state index in [1.807, 2.05) is 0 Å². The maximum absolute atomic E-state index is 11.7. The van der Waals surface area contributed by atoms with Gasteiger partial charge in [-0.05, 0) is 26.3 Å². The molecule has 1 amide bonds. The Bertz CT molecular complexity index is 344. The Balaban J connectivity index is 1.91. The van der Waals surface area contributed by atoms with E-state index in [9.17, 15) is 4.79 Å². The average Bonchev–Trinajstić information content (AvgIpc) is 2.65. The largest absolute Gasteiger partial charge is 0.328 e. The summed E-state index contributed by atoms with van der Waals surface area (Å²) in [6, 6.07) is 0.183. The Hall–Kier alpha value is -1.43. The van der Waals surface area contributed by atoms with Crippen LogP contribution in [0, 0.1) is 12.8 Å². The van der Waals surface area contributed by atoms with Gasteiger partial charge in [-0.25, -0.2) is 0 Å². The van der Waals surface area contributed by atoms with E-state index in [0.29, 0.717) is 5.82 Å². The first-order valence-corrected chi connectivity index (χ1v) is 5.07. The van der Waals surface area contributed by atoms with Crippen LogP contribution in [-0.4, -0.2) is 29.1 Å². The molecule has 1 fully saturated rings. The van der Waals surface area contributed by atoms with E-state index in [2.05, 4.69) is 20.8 Å². The second-order valence-corrected chi connectivity index (χ2v) is 3.68. The van der Waals surface area contributed by atoms with Crippen LogP contribution in [0.25, 0.3) is 0 Å².